The summed E-state index contributed by atoms with van der Waals surface area (Å²) in [5, 5.41) is 13.8. The molecule has 1 heterocycles. The highest BCUT2D eigenvalue weighted by molar-refractivity contribution is 7.71. The van der Waals surface area contributed by atoms with Crippen molar-refractivity contribution >= 4 is 17.9 Å². The average molecular weight is 266 g/mol. The van der Waals surface area contributed by atoms with Gasteiger partial charge < -0.3 is 4.74 Å². The first-order valence-corrected chi connectivity index (χ1v) is 5.39. The van der Waals surface area contributed by atoms with Crippen LogP contribution in [0.25, 0.3) is 11.4 Å². The quantitative estimate of drug-likeness (QED) is 0.522. The van der Waals surface area contributed by atoms with Crippen LogP contribution in [0, 0.1) is 14.9 Å². The zero-order valence-corrected chi connectivity index (χ0v) is 10.5. The topological polar surface area (TPSA) is 86.0 Å². The number of aromatic amines is 1. The van der Waals surface area contributed by atoms with E-state index in [1.165, 1.54) is 19.2 Å². The van der Waals surface area contributed by atoms with Crippen molar-refractivity contribution in [1.29, 1.82) is 0 Å². The molecule has 2 aromatic rings. The number of aryl methyl sites for hydroxylation is 1. The fraction of sp³-hybridized carbons (Fsp3) is 0.200. The van der Waals surface area contributed by atoms with Crippen LogP contribution in [0.1, 0.15) is 0 Å². The van der Waals surface area contributed by atoms with Crippen molar-refractivity contribution in [2.75, 3.05) is 7.11 Å². The number of ether oxygens (including phenoxy) is 1. The summed E-state index contributed by atoms with van der Waals surface area (Å²) in [6.45, 7) is 0. The summed E-state index contributed by atoms with van der Waals surface area (Å²) < 4.78 is 6.86. The standard InChI is InChI=1S/C10H10N4O3S/c1-13-10(18)11-9(12-13)6-3-4-8(17-2)7(5-6)14(15)16/h3-5H,1-2H3,(H,11,12,18). The molecule has 94 valence electrons. The molecule has 0 spiro atoms. The molecule has 0 atom stereocenters. The fourth-order valence-electron chi connectivity index (χ4n) is 1.51. The zero-order chi connectivity index (χ0) is 13.3. The summed E-state index contributed by atoms with van der Waals surface area (Å²) in [6.07, 6.45) is 0. The van der Waals surface area contributed by atoms with Crippen LogP contribution in [0.5, 0.6) is 5.75 Å². The number of aromatic nitrogens is 3. The minimum absolute atomic E-state index is 0.111. The normalized spacial score (nSPS) is 10.3. The van der Waals surface area contributed by atoms with Gasteiger partial charge in [0.05, 0.1) is 12.0 Å². The minimum Gasteiger partial charge on any atom is -0.490 e. The number of hydrogen-bond acceptors (Lipinski definition) is 5. The average Bonchev–Trinajstić information content (AvgIpc) is 2.68. The van der Waals surface area contributed by atoms with Gasteiger partial charge in [-0.1, -0.05) is 0 Å². The highest BCUT2D eigenvalue weighted by atomic mass is 32.1. The smallest absolute Gasteiger partial charge is 0.311 e. The summed E-state index contributed by atoms with van der Waals surface area (Å²) in [4.78, 5) is 14.5. The Morgan fingerprint density at radius 2 is 2.28 bits per heavy atom. The van der Waals surface area contributed by atoms with Crippen LogP contribution in [0.3, 0.4) is 0 Å². The highest BCUT2D eigenvalue weighted by Gasteiger charge is 2.16. The number of nitrogens with one attached hydrogen (secondary N) is 1. The Bertz CT molecular complexity index is 661. The van der Waals surface area contributed by atoms with Crippen LogP contribution in [-0.2, 0) is 7.05 Å². The molecule has 0 fully saturated rings. The second-order valence-electron chi connectivity index (χ2n) is 3.56. The molecule has 1 aromatic carbocycles. The number of rotatable bonds is 3. The van der Waals surface area contributed by atoms with Crippen molar-refractivity contribution in [3.05, 3.63) is 33.1 Å². The van der Waals surface area contributed by atoms with E-state index in [9.17, 15) is 10.1 Å². The molecule has 7 nitrogen and oxygen atoms in total. The summed E-state index contributed by atoms with van der Waals surface area (Å²) in [5.74, 6) is 0.687. The Labute approximate surface area is 107 Å². The van der Waals surface area contributed by atoms with Crippen LogP contribution in [0.2, 0.25) is 0 Å². The lowest BCUT2D eigenvalue weighted by atomic mass is 10.2. The van der Waals surface area contributed by atoms with Gasteiger partial charge >= 0.3 is 5.69 Å². The fourth-order valence-corrected chi connectivity index (χ4v) is 1.65. The minimum atomic E-state index is -0.500. The van der Waals surface area contributed by atoms with Gasteiger partial charge in [-0.2, -0.15) is 4.98 Å². The van der Waals surface area contributed by atoms with E-state index in [1.54, 1.807) is 17.8 Å². The number of benzene rings is 1. The van der Waals surface area contributed by atoms with E-state index >= 15 is 0 Å². The van der Waals surface area contributed by atoms with Crippen molar-refractivity contribution in [3.8, 4) is 17.1 Å². The predicted octanol–water partition coefficient (Wildman–Crippen LogP) is 2.06. The Hall–Kier alpha value is -2.22. The molecule has 0 amide bonds. The van der Waals surface area contributed by atoms with Crippen molar-refractivity contribution in [3.63, 3.8) is 0 Å². The first kappa shape index (κ1) is 12.2. The van der Waals surface area contributed by atoms with E-state index in [0.29, 0.717) is 16.2 Å². The van der Waals surface area contributed by atoms with E-state index < -0.39 is 4.92 Å². The molecule has 8 heteroatoms. The summed E-state index contributed by atoms with van der Waals surface area (Å²) >= 11 is 4.97. The Balaban J connectivity index is 2.56. The van der Waals surface area contributed by atoms with Gasteiger partial charge in [-0.05, 0) is 24.4 Å². The van der Waals surface area contributed by atoms with Gasteiger partial charge in [0, 0.05) is 18.7 Å². The molecule has 0 saturated heterocycles. The number of nitro groups is 1. The number of nitrogens with zero attached hydrogens (tertiary/aromatic N) is 3. The zero-order valence-electron chi connectivity index (χ0n) is 9.71. The first-order valence-electron chi connectivity index (χ1n) is 4.98. The van der Waals surface area contributed by atoms with Gasteiger partial charge in [0.2, 0.25) is 4.77 Å². The number of hydrogen-bond donors (Lipinski definition) is 1. The maximum absolute atomic E-state index is 10.9. The third kappa shape index (κ3) is 2.09. The predicted molar refractivity (Wildman–Crippen MR) is 67.0 cm³/mol. The molecule has 0 aliphatic carbocycles. The second-order valence-corrected chi connectivity index (χ2v) is 3.92. The van der Waals surface area contributed by atoms with Crippen LogP contribution < -0.4 is 4.74 Å². The lowest BCUT2D eigenvalue weighted by Crippen LogP contribution is -1.95. The molecule has 1 aromatic heterocycles. The van der Waals surface area contributed by atoms with E-state index in [-0.39, 0.29) is 11.4 Å². The van der Waals surface area contributed by atoms with Gasteiger partial charge in [0.25, 0.3) is 0 Å². The number of H-pyrrole nitrogens is 1. The van der Waals surface area contributed by atoms with Crippen molar-refractivity contribution < 1.29 is 9.66 Å². The summed E-state index contributed by atoms with van der Waals surface area (Å²) in [7, 11) is 3.10. The lowest BCUT2D eigenvalue weighted by molar-refractivity contribution is -0.385. The van der Waals surface area contributed by atoms with Gasteiger partial charge in [0.15, 0.2) is 11.6 Å². The highest BCUT2D eigenvalue weighted by Crippen LogP contribution is 2.30. The number of methoxy groups -OCH3 is 1. The molecule has 1 N–H and O–H groups in total. The molecular formula is C10H10N4O3S. The Morgan fingerprint density at radius 3 is 2.78 bits per heavy atom. The Kier molecular flexibility index (Phi) is 3.11. The largest absolute Gasteiger partial charge is 0.490 e. The molecule has 0 aliphatic heterocycles. The van der Waals surface area contributed by atoms with Crippen LogP contribution in [0.4, 0.5) is 5.69 Å². The SMILES string of the molecule is COc1ccc(-c2nc(=S)n(C)[nH]2)cc1[N+](=O)[O-]. The van der Waals surface area contributed by atoms with Crippen molar-refractivity contribution in [2.45, 2.75) is 0 Å². The molecule has 18 heavy (non-hydrogen) atoms. The summed E-state index contributed by atoms with van der Waals surface area (Å²) in [6, 6.07) is 4.60. The van der Waals surface area contributed by atoms with Crippen LogP contribution in [-0.4, -0.2) is 26.8 Å². The third-order valence-corrected chi connectivity index (χ3v) is 2.78. The molecule has 2 rings (SSSR count). The summed E-state index contributed by atoms with van der Waals surface area (Å²) in [5.41, 5.74) is 0.467. The molecule has 0 bridgehead atoms. The van der Waals surface area contributed by atoms with E-state index in [1.807, 2.05) is 0 Å². The van der Waals surface area contributed by atoms with Crippen LogP contribution >= 0.6 is 12.2 Å². The molecular weight excluding hydrogens is 256 g/mol. The maximum Gasteiger partial charge on any atom is 0.311 e. The number of nitro benzene ring substituents is 1. The lowest BCUT2D eigenvalue weighted by Gasteiger charge is -2.02. The van der Waals surface area contributed by atoms with Crippen LogP contribution in [0.15, 0.2) is 18.2 Å². The monoisotopic (exact) mass is 266 g/mol. The van der Waals surface area contributed by atoms with Gasteiger partial charge in [0.1, 0.15) is 0 Å². The van der Waals surface area contributed by atoms with Gasteiger partial charge in [-0.3, -0.25) is 19.9 Å². The molecule has 0 radical (unpaired) electrons. The van der Waals surface area contributed by atoms with Crippen molar-refractivity contribution in [2.24, 2.45) is 7.05 Å². The van der Waals surface area contributed by atoms with E-state index in [0.717, 1.165) is 0 Å². The first-order chi connectivity index (χ1) is 8.52. The van der Waals surface area contributed by atoms with Crippen molar-refractivity contribution in [1.82, 2.24) is 14.8 Å². The second kappa shape index (κ2) is 4.57. The van der Waals surface area contributed by atoms with E-state index in [2.05, 4.69) is 10.1 Å². The van der Waals surface area contributed by atoms with Gasteiger partial charge in [-0.25, -0.2) is 0 Å². The van der Waals surface area contributed by atoms with Gasteiger partial charge in [-0.15, -0.1) is 0 Å². The maximum atomic E-state index is 10.9. The van der Waals surface area contributed by atoms with E-state index in [4.69, 9.17) is 17.0 Å². The Morgan fingerprint density at radius 1 is 1.56 bits per heavy atom. The molecule has 0 aliphatic rings. The molecule has 0 unspecified atom stereocenters. The third-order valence-electron chi connectivity index (χ3n) is 2.42. The molecule has 0 saturated carbocycles.